The summed E-state index contributed by atoms with van der Waals surface area (Å²) in [5.41, 5.74) is 0.720. The highest BCUT2D eigenvalue weighted by atomic mass is 79.9. The SMILES string of the molecule is CCNC(CCCOC)c1cc(Br)ccc1F. The number of rotatable bonds is 7. The van der Waals surface area contributed by atoms with E-state index in [1.165, 1.54) is 6.07 Å². The van der Waals surface area contributed by atoms with Gasteiger partial charge in [0.2, 0.25) is 0 Å². The molecular formula is C13H19BrFNO. The molecule has 0 aliphatic carbocycles. The van der Waals surface area contributed by atoms with E-state index in [-0.39, 0.29) is 11.9 Å². The van der Waals surface area contributed by atoms with Crippen molar-refractivity contribution in [1.29, 1.82) is 0 Å². The summed E-state index contributed by atoms with van der Waals surface area (Å²) in [6.45, 7) is 3.56. The van der Waals surface area contributed by atoms with E-state index in [0.29, 0.717) is 6.61 Å². The Balaban J connectivity index is 2.77. The third kappa shape index (κ3) is 4.74. The van der Waals surface area contributed by atoms with Crippen molar-refractivity contribution in [1.82, 2.24) is 5.32 Å². The Morgan fingerprint density at radius 3 is 2.88 bits per heavy atom. The van der Waals surface area contributed by atoms with E-state index in [0.717, 1.165) is 29.4 Å². The molecule has 2 nitrogen and oxygen atoms in total. The van der Waals surface area contributed by atoms with E-state index in [4.69, 9.17) is 4.74 Å². The van der Waals surface area contributed by atoms with Crippen molar-refractivity contribution in [2.24, 2.45) is 0 Å². The molecule has 1 aromatic carbocycles. The van der Waals surface area contributed by atoms with E-state index in [1.54, 1.807) is 13.2 Å². The molecule has 0 bridgehead atoms. The minimum atomic E-state index is -0.156. The third-order valence-corrected chi connectivity index (χ3v) is 3.12. The lowest BCUT2D eigenvalue weighted by Crippen LogP contribution is -2.22. The van der Waals surface area contributed by atoms with Crippen molar-refractivity contribution in [2.75, 3.05) is 20.3 Å². The van der Waals surface area contributed by atoms with Crippen molar-refractivity contribution in [2.45, 2.75) is 25.8 Å². The zero-order valence-electron chi connectivity index (χ0n) is 10.3. The lowest BCUT2D eigenvalue weighted by Gasteiger charge is -2.19. The normalized spacial score (nSPS) is 12.7. The largest absolute Gasteiger partial charge is 0.385 e. The molecule has 0 aliphatic rings. The molecular weight excluding hydrogens is 285 g/mol. The summed E-state index contributed by atoms with van der Waals surface area (Å²) in [6.07, 6.45) is 1.79. The number of halogens is 2. The van der Waals surface area contributed by atoms with Crippen LogP contribution in [0, 0.1) is 5.82 Å². The van der Waals surface area contributed by atoms with Gasteiger partial charge < -0.3 is 10.1 Å². The van der Waals surface area contributed by atoms with Crippen LogP contribution in [0.25, 0.3) is 0 Å². The highest BCUT2D eigenvalue weighted by Gasteiger charge is 2.14. The van der Waals surface area contributed by atoms with Gasteiger partial charge in [-0.25, -0.2) is 4.39 Å². The van der Waals surface area contributed by atoms with Crippen molar-refractivity contribution in [3.05, 3.63) is 34.1 Å². The summed E-state index contributed by atoms with van der Waals surface area (Å²) in [4.78, 5) is 0. The van der Waals surface area contributed by atoms with Crippen LogP contribution in [0.15, 0.2) is 22.7 Å². The van der Waals surface area contributed by atoms with Crippen molar-refractivity contribution in [3.8, 4) is 0 Å². The Kier molecular flexibility index (Phi) is 6.70. The molecule has 1 unspecified atom stereocenters. The second-order valence-corrected chi connectivity index (χ2v) is 4.83. The minimum Gasteiger partial charge on any atom is -0.385 e. The van der Waals surface area contributed by atoms with E-state index in [1.807, 2.05) is 13.0 Å². The van der Waals surface area contributed by atoms with E-state index in [2.05, 4.69) is 21.2 Å². The third-order valence-electron chi connectivity index (χ3n) is 2.63. The van der Waals surface area contributed by atoms with Crippen LogP contribution < -0.4 is 5.32 Å². The fourth-order valence-corrected chi connectivity index (χ4v) is 2.21. The molecule has 0 saturated heterocycles. The number of ether oxygens (including phenoxy) is 1. The van der Waals surface area contributed by atoms with Crippen LogP contribution in [-0.4, -0.2) is 20.3 Å². The smallest absolute Gasteiger partial charge is 0.128 e. The number of hydrogen-bond acceptors (Lipinski definition) is 2. The van der Waals surface area contributed by atoms with Gasteiger partial charge >= 0.3 is 0 Å². The summed E-state index contributed by atoms with van der Waals surface area (Å²) >= 11 is 3.38. The zero-order chi connectivity index (χ0) is 12.7. The molecule has 0 radical (unpaired) electrons. The number of benzene rings is 1. The van der Waals surface area contributed by atoms with Crippen LogP contribution in [0.2, 0.25) is 0 Å². The standard InChI is InChI=1S/C13H19BrFNO/c1-3-16-13(5-4-8-17-2)11-9-10(14)6-7-12(11)15/h6-7,9,13,16H,3-5,8H2,1-2H3. The van der Waals surface area contributed by atoms with Crippen LogP contribution in [0.5, 0.6) is 0 Å². The maximum absolute atomic E-state index is 13.8. The molecule has 1 aromatic rings. The first-order chi connectivity index (χ1) is 8.19. The molecule has 0 aliphatic heterocycles. The summed E-state index contributed by atoms with van der Waals surface area (Å²) in [6, 6.07) is 5.11. The Morgan fingerprint density at radius 1 is 1.47 bits per heavy atom. The van der Waals surface area contributed by atoms with Gasteiger partial charge in [0, 0.05) is 29.8 Å². The summed E-state index contributed by atoms with van der Waals surface area (Å²) in [5, 5.41) is 3.31. The van der Waals surface area contributed by atoms with Crippen LogP contribution >= 0.6 is 15.9 Å². The summed E-state index contributed by atoms with van der Waals surface area (Å²) < 4.78 is 19.7. The molecule has 1 atom stereocenters. The van der Waals surface area contributed by atoms with Gasteiger partial charge in [0.05, 0.1) is 0 Å². The van der Waals surface area contributed by atoms with Gasteiger partial charge in [-0.3, -0.25) is 0 Å². The first kappa shape index (κ1) is 14.6. The molecule has 17 heavy (non-hydrogen) atoms. The summed E-state index contributed by atoms with van der Waals surface area (Å²) in [7, 11) is 1.68. The maximum atomic E-state index is 13.8. The molecule has 96 valence electrons. The van der Waals surface area contributed by atoms with Crippen molar-refractivity contribution >= 4 is 15.9 Å². The summed E-state index contributed by atoms with van der Waals surface area (Å²) in [5.74, 6) is -0.156. The highest BCUT2D eigenvalue weighted by Crippen LogP contribution is 2.25. The second-order valence-electron chi connectivity index (χ2n) is 3.91. The van der Waals surface area contributed by atoms with Crippen LogP contribution in [0.3, 0.4) is 0 Å². The molecule has 0 saturated carbocycles. The van der Waals surface area contributed by atoms with Gasteiger partial charge in [-0.2, -0.15) is 0 Å². The lowest BCUT2D eigenvalue weighted by atomic mass is 10.0. The van der Waals surface area contributed by atoms with Gasteiger partial charge in [0.15, 0.2) is 0 Å². The van der Waals surface area contributed by atoms with Crippen LogP contribution in [-0.2, 0) is 4.74 Å². The lowest BCUT2D eigenvalue weighted by molar-refractivity contribution is 0.188. The molecule has 0 fully saturated rings. The minimum absolute atomic E-state index is 0.0487. The second kappa shape index (κ2) is 7.80. The quantitative estimate of drug-likeness (QED) is 0.776. The van der Waals surface area contributed by atoms with E-state index < -0.39 is 0 Å². The molecule has 0 aromatic heterocycles. The molecule has 0 amide bonds. The Hall–Kier alpha value is -0.450. The van der Waals surface area contributed by atoms with Gasteiger partial charge in [0.1, 0.15) is 5.82 Å². The molecule has 4 heteroatoms. The Bertz CT molecular complexity index is 346. The topological polar surface area (TPSA) is 21.3 Å². The average Bonchev–Trinajstić information content (AvgIpc) is 2.32. The van der Waals surface area contributed by atoms with Gasteiger partial charge in [0.25, 0.3) is 0 Å². The number of hydrogen-bond donors (Lipinski definition) is 1. The zero-order valence-corrected chi connectivity index (χ0v) is 11.9. The van der Waals surface area contributed by atoms with Crippen LogP contribution in [0.4, 0.5) is 4.39 Å². The Labute approximate surface area is 111 Å². The van der Waals surface area contributed by atoms with Crippen molar-refractivity contribution in [3.63, 3.8) is 0 Å². The van der Waals surface area contributed by atoms with Crippen molar-refractivity contribution < 1.29 is 9.13 Å². The van der Waals surface area contributed by atoms with Gasteiger partial charge in [-0.15, -0.1) is 0 Å². The highest BCUT2D eigenvalue weighted by molar-refractivity contribution is 9.10. The Morgan fingerprint density at radius 2 is 2.24 bits per heavy atom. The average molecular weight is 304 g/mol. The van der Waals surface area contributed by atoms with Crippen LogP contribution in [0.1, 0.15) is 31.4 Å². The molecule has 1 N–H and O–H groups in total. The van der Waals surface area contributed by atoms with Gasteiger partial charge in [-0.05, 0) is 37.6 Å². The predicted octanol–water partition coefficient (Wildman–Crippen LogP) is 3.67. The van der Waals surface area contributed by atoms with E-state index >= 15 is 0 Å². The molecule has 0 spiro atoms. The number of nitrogens with one attached hydrogen (secondary N) is 1. The first-order valence-corrected chi connectivity index (χ1v) is 6.65. The fourth-order valence-electron chi connectivity index (χ4n) is 1.83. The van der Waals surface area contributed by atoms with E-state index in [9.17, 15) is 4.39 Å². The monoisotopic (exact) mass is 303 g/mol. The fraction of sp³-hybridized carbons (Fsp3) is 0.538. The molecule has 0 heterocycles. The first-order valence-electron chi connectivity index (χ1n) is 5.86. The number of methoxy groups -OCH3 is 1. The molecule has 1 rings (SSSR count). The van der Waals surface area contributed by atoms with Gasteiger partial charge in [-0.1, -0.05) is 22.9 Å². The maximum Gasteiger partial charge on any atom is 0.128 e. The predicted molar refractivity (Wildman–Crippen MR) is 71.6 cm³/mol.